The number of halogens is 1. The SMILES string of the molecule is CCOC(=O)c1nn(-c2cccc(Cl)c2C)c(=O)c2ccccc12. The smallest absolute Gasteiger partial charge is 0.359 e. The van der Waals surface area contributed by atoms with Crippen molar-refractivity contribution >= 4 is 28.3 Å². The third-order valence-corrected chi connectivity index (χ3v) is 4.15. The molecular formula is C18H15ClN2O3. The van der Waals surface area contributed by atoms with Crippen LogP contribution in [-0.2, 0) is 4.74 Å². The number of benzene rings is 2. The van der Waals surface area contributed by atoms with E-state index in [1.807, 2.05) is 0 Å². The molecule has 2 aromatic carbocycles. The van der Waals surface area contributed by atoms with E-state index in [1.165, 1.54) is 4.68 Å². The van der Waals surface area contributed by atoms with Crippen molar-refractivity contribution in [3.05, 3.63) is 69.1 Å². The quantitative estimate of drug-likeness (QED) is 0.683. The lowest BCUT2D eigenvalue weighted by Crippen LogP contribution is -2.25. The summed E-state index contributed by atoms with van der Waals surface area (Å²) in [5.74, 6) is -0.567. The van der Waals surface area contributed by atoms with Gasteiger partial charge >= 0.3 is 5.97 Å². The van der Waals surface area contributed by atoms with Crippen LogP contribution in [0.3, 0.4) is 0 Å². The Morgan fingerprint density at radius 2 is 1.88 bits per heavy atom. The molecule has 6 heteroatoms. The highest BCUT2D eigenvalue weighted by molar-refractivity contribution is 6.31. The normalized spacial score (nSPS) is 10.8. The van der Waals surface area contributed by atoms with Gasteiger partial charge in [0.25, 0.3) is 5.56 Å². The molecule has 0 atom stereocenters. The predicted octanol–water partition coefficient (Wildman–Crippen LogP) is 3.52. The van der Waals surface area contributed by atoms with Crippen LogP contribution in [0.4, 0.5) is 0 Å². The van der Waals surface area contributed by atoms with Gasteiger partial charge in [-0.1, -0.05) is 35.9 Å². The Morgan fingerprint density at radius 1 is 1.17 bits per heavy atom. The van der Waals surface area contributed by atoms with Crippen molar-refractivity contribution in [3.63, 3.8) is 0 Å². The fourth-order valence-corrected chi connectivity index (χ4v) is 2.70. The van der Waals surface area contributed by atoms with Crippen LogP contribution in [0.2, 0.25) is 5.02 Å². The summed E-state index contributed by atoms with van der Waals surface area (Å²) in [5, 5.41) is 5.65. The highest BCUT2D eigenvalue weighted by Gasteiger charge is 2.19. The van der Waals surface area contributed by atoms with Gasteiger partial charge in [0.2, 0.25) is 0 Å². The molecule has 0 N–H and O–H groups in total. The Bertz CT molecular complexity index is 995. The van der Waals surface area contributed by atoms with E-state index in [9.17, 15) is 9.59 Å². The molecule has 0 radical (unpaired) electrons. The van der Waals surface area contributed by atoms with E-state index in [0.717, 1.165) is 0 Å². The van der Waals surface area contributed by atoms with Gasteiger partial charge in [-0.15, -0.1) is 0 Å². The fraction of sp³-hybridized carbons (Fsp3) is 0.167. The van der Waals surface area contributed by atoms with Gasteiger partial charge in [0.15, 0.2) is 5.69 Å². The zero-order valence-corrected chi connectivity index (χ0v) is 14.0. The number of nitrogens with zero attached hydrogens (tertiary/aromatic N) is 2. The van der Waals surface area contributed by atoms with Crippen LogP contribution in [0.1, 0.15) is 23.0 Å². The lowest BCUT2D eigenvalue weighted by Gasteiger charge is -2.12. The van der Waals surface area contributed by atoms with Crippen molar-refractivity contribution in [2.45, 2.75) is 13.8 Å². The van der Waals surface area contributed by atoms with Crippen LogP contribution >= 0.6 is 11.6 Å². The third kappa shape index (κ3) is 2.67. The van der Waals surface area contributed by atoms with Crippen molar-refractivity contribution < 1.29 is 9.53 Å². The van der Waals surface area contributed by atoms with Crippen LogP contribution in [0, 0.1) is 6.92 Å². The van der Waals surface area contributed by atoms with E-state index >= 15 is 0 Å². The Kier molecular flexibility index (Phi) is 4.36. The standard InChI is InChI=1S/C18H15ClN2O3/c1-3-24-18(23)16-12-7-4-5-8-13(12)17(22)21(20-16)15-10-6-9-14(19)11(15)2/h4-10H,3H2,1-2H3. The predicted molar refractivity (Wildman–Crippen MR) is 93.0 cm³/mol. The molecule has 0 saturated heterocycles. The molecule has 0 saturated carbocycles. The molecular weight excluding hydrogens is 328 g/mol. The Labute approximate surface area is 143 Å². The van der Waals surface area contributed by atoms with E-state index in [1.54, 1.807) is 56.3 Å². The topological polar surface area (TPSA) is 61.2 Å². The number of ether oxygens (including phenoxy) is 1. The number of aromatic nitrogens is 2. The average Bonchev–Trinajstić information content (AvgIpc) is 2.58. The van der Waals surface area contributed by atoms with Crippen molar-refractivity contribution in [2.24, 2.45) is 0 Å². The number of fused-ring (bicyclic) bond motifs is 1. The maximum absolute atomic E-state index is 12.8. The molecule has 0 amide bonds. The first-order valence-electron chi connectivity index (χ1n) is 7.49. The molecule has 0 aliphatic heterocycles. The maximum Gasteiger partial charge on any atom is 0.359 e. The van der Waals surface area contributed by atoms with Crippen LogP contribution in [0.5, 0.6) is 0 Å². The summed E-state index contributed by atoms with van der Waals surface area (Å²) in [5.41, 5.74) is 1.03. The second-order valence-electron chi connectivity index (χ2n) is 5.22. The van der Waals surface area contributed by atoms with E-state index in [-0.39, 0.29) is 17.9 Å². The fourth-order valence-electron chi connectivity index (χ4n) is 2.53. The van der Waals surface area contributed by atoms with E-state index in [2.05, 4.69) is 5.10 Å². The van der Waals surface area contributed by atoms with Gasteiger partial charge in [0, 0.05) is 10.4 Å². The second-order valence-corrected chi connectivity index (χ2v) is 5.62. The summed E-state index contributed by atoms with van der Waals surface area (Å²) >= 11 is 6.15. The third-order valence-electron chi connectivity index (χ3n) is 3.74. The van der Waals surface area contributed by atoms with Crippen molar-refractivity contribution in [2.75, 3.05) is 6.61 Å². The summed E-state index contributed by atoms with van der Waals surface area (Å²) in [6, 6.07) is 12.1. The number of esters is 1. The van der Waals surface area contributed by atoms with Gasteiger partial charge in [-0.3, -0.25) is 4.79 Å². The molecule has 0 bridgehead atoms. The van der Waals surface area contributed by atoms with Gasteiger partial charge in [0.1, 0.15) is 0 Å². The molecule has 1 heterocycles. The number of hydrogen-bond donors (Lipinski definition) is 0. The summed E-state index contributed by atoms with van der Waals surface area (Å²) in [6.45, 7) is 3.74. The molecule has 0 fully saturated rings. The van der Waals surface area contributed by atoms with Gasteiger partial charge in [-0.2, -0.15) is 9.78 Å². The molecule has 0 spiro atoms. The molecule has 1 aromatic heterocycles. The van der Waals surface area contributed by atoms with Crippen molar-refractivity contribution in [1.82, 2.24) is 9.78 Å². The molecule has 5 nitrogen and oxygen atoms in total. The monoisotopic (exact) mass is 342 g/mol. The minimum atomic E-state index is -0.567. The lowest BCUT2D eigenvalue weighted by atomic mass is 10.1. The van der Waals surface area contributed by atoms with Crippen LogP contribution in [0.25, 0.3) is 16.5 Å². The van der Waals surface area contributed by atoms with Crippen LogP contribution in [0.15, 0.2) is 47.3 Å². The summed E-state index contributed by atoms with van der Waals surface area (Å²) in [4.78, 5) is 25.1. The second kappa shape index (κ2) is 6.45. The Balaban J connectivity index is 2.37. The number of hydrogen-bond acceptors (Lipinski definition) is 4. The first kappa shape index (κ1) is 16.2. The van der Waals surface area contributed by atoms with Gasteiger partial charge in [-0.25, -0.2) is 4.79 Å². The minimum absolute atomic E-state index is 0.103. The maximum atomic E-state index is 12.8. The summed E-state index contributed by atoms with van der Waals surface area (Å²) < 4.78 is 6.28. The number of carbonyl (C=O) groups is 1. The van der Waals surface area contributed by atoms with Crippen molar-refractivity contribution in [3.8, 4) is 5.69 Å². The summed E-state index contributed by atoms with van der Waals surface area (Å²) in [7, 11) is 0. The molecule has 0 aliphatic rings. The number of rotatable bonds is 3. The molecule has 0 unspecified atom stereocenters. The zero-order chi connectivity index (χ0) is 17.3. The highest BCUT2D eigenvalue weighted by atomic mass is 35.5. The minimum Gasteiger partial charge on any atom is -0.461 e. The molecule has 24 heavy (non-hydrogen) atoms. The Hall–Kier alpha value is -2.66. The van der Waals surface area contributed by atoms with Gasteiger partial charge in [0.05, 0.1) is 17.7 Å². The lowest BCUT2D eigenvalue weighted by molar-refractivity contribution is 0.0520. The molecule has 122 valence electrons. The summed E-state index contributed by atoms with van der Waals surface area (Å²) in [6.07, 6.45) is 0. The average molecular weight is 343 g/mol. The highest BCUT2D eigenvalue weighted by Crippen LogP contribution is 2.22. The van der Waals surface area contributed by atoms with Crippen molar-refractivity contribution in [1.29, 1.82) is 0 Å². The van der Waals surface area contributed by atoms with Crippen LogP contribution < -0.4 is 5.56 Å². The molecule has 0 aliphatic carbocycles. The van der Waals surface area contributed by atoms with E-state index in [4.69, 9.17) is 16.3 Å². The van der Waals surface area contributed by atoms with E-state index in [0.29, 0.717) is 27.0 Å². The first-order chi connectivity index (χ1) is 11.5. The number of carbonyl (C=O) groups excluding carboxylic acids is 1. The zero-order valence-electron chi connectivity index (χ0n) is 13.2. The van der Waals surface area contributed by atoms with E-state index < -0.39 is 5.97 Å². The largest absolute Gasteiger partial charge is 0.461 e. The molecule has 3 aromatic rings. The Morgan fingerprint density at radius 3 is 2.58 bits per heavy atom. The van der Waals surface area contributed by atoms with Crippen LogP contribution in [-0.4, -0.2) is 22.4 Å². The van der Waals surface area contributed by atoms with Gasteiger partial charge in [-0.05, 0) is 37.6 Å². The first-order valence-corrected chi connectivity index (χ1v) is 7.87. The van der Waals surface area contributed by atoms with Gasteiger partial charge < -0.3 is 4.74 Å². The molecule has 3 rings (SSSR count).